The Morgan fingerprint density at radius 2 is 2.55 bits per heavy atom. The normalized spacial score (nSPS) is 34.5. The van der Waals surface area contributed by atoms with Crippen LogP contribution < -0.4 is 5.32 Å². The predicted octanol–water partition coefficient (Wildman–Crippen LogP) is 0.466. The maximum Gasteiger partial charge on any atom is 0.243 e. The van der Waals surface area contributed by atoms with E-state index in [2.05, 4.69) is 11.9 Å². The van der Waals surface area contributed by atoms with Gasteiger partial charge in [-0.15, -0.1) is 0 Å². The first-order valence-corrected chi connectivity index (χ1v) is 3.60. The van der Waals surface area contributed by atoms with Gasteiger partial charge in [-0.25, -0.2) is 0 Å². The molecule has 1 rings (SSSR count). The molecule has 1 aliphatic rings. The Kier molecular flexibility index (Phi) is 2.00. The van der Waals surface area contributed by atoms with Crippen molar-refractivity contribution in [2.45, 2.75) is 25.0 Å². The molecule has 3 nitrogen and oxygen atoms in total. The summed E-state index contributed by atoms with van der Waals surface area (Å²) in [6.07, 6.45) is 2.16. The molecule has 0 aromatic rings. The molecule has 0 radical (unpaired) electrons. The van der Waals surface area contributed by atoms with Gasteiger partial charge < -0.3 is 10.1 Å². The second-order valence-electron chi connectivity index (χ2n) is 2.99. The fourth-order valence-electron chi connectivity index (χ4n) is 1.01. The number of nitrogens with one attached hydrogen (secondary N) is 1. The van der Waals surface area contributed by atoms with Crippen LogP contribution in [0.5, 0.6) is 0 Å². The Labute approximate surface area is 66.4 Å². The summed E-state index contributed by atoms with van der Waals surface area (Å²) in [5.41, 5.74) is -0.140. The lowest BCUT2D eigenvalue weighted by molar-refractivity contribution is -0.117. The highest BCUT2D eigenvalue weighted by Gasteiger charge is 2.51. The van der Waals surface area contributed by atoms with Crippen LogP contribution in [0.1, 0.15) is 13.3 Å². The summed E-state index contributed by atoms with van der Waals surface area (Å²) in [5, 5.41) is 2.76. The first kappa shape index (κ1) is 8.27. The fourth-order valence-corrected chi connectivity index (χ4v) is 1.01. The van der Waals surface area contributed by atoms with Crippen LogP contribution in [0.2, 0.25) is 0 Å². The van der Waals surface area contributed by atoms with Gasteiger partial charge in [0.1, 0.15) is 0 Å². The van der Waals surface area contributed by atoms with Gasteiger partial charge in [0, 0.05) is 13.5 Å². The zero-order chi connectivity index (χ0) is 8.48. The molecule has 0 aliphatic heterocycles. The van der Waals surface area contributed by atoms with Gasteiger partial charge >= 0.3 is 0 Å². The molecular weight excluding hydrogens is 142 g/mol. The SMILES string of the molecule is C=CC(=O)N[C@@H]1C[C@]1(C)OC. The number of rotatable bonds is 3. The minimum Gasteiger partial charge on any atom is -0.376 e. The number of amides is 1. The largest absolute Gasteiger partial charge is 0.376 e. The lowest BCUT2D eigenvalue weighted by Crippen LogP contribution is -2.30. The second kappa shape index (κ2) is 2.66. The molecule has 0 spiro atoms. The molecule has 1 amide bonds. The smallest absolute Gasteiger partial charge is 0.243 e. The summed E-state index contributed by atoms with van der Waals surface area (Å²) in [6.45, 7) is 5.34. The third-order valence-corrected chi connectivity index (χ3v) is 2.15. The summed E-state index contributed by atoms with van der Waals surface area (Å²) < 4.78 is 5.16. The van der Waals surface area contributed by atoms with Crippen molar-refractivity contribution >= 4 is 5.91 Å². The molecule has 0 heterocycles. The number of carbonyl (C=O) groups is 1. The van der Waals surface area contributed by atoms with Crippen molar-refractivity contribution in [2.24, 2.45) is 0 Å². The third-order valence-electron chi connectivity index (χ3n) is 2.15. The highest BCUT2D eigenvalue weighted by atomic mass is 16.5. The average Bonchev–Trinajstić information content (AvgIpc) is 2.63. The van der Waals surface area contributed by atoms with Crippen LogP contribution in [-0.2, 0) is 9.53 Å². The molecule has 1 fully saturated rings. The van der Waals surface area contributed by atoms with Gasteiger partial charge in [0.15, 0.2) is 0 Å². The van der Waals surface area contributed by atoms with E-state index in [1.54, 1.807) is 7.11 Å². The maximum atomic E-state index is 10.8. The molecule has 0 unspecified atom stereocenters. The summed E-state index contributed by atoms with van der Waals surface area (Å²) in [7, 11) is 1.65. The van der Waals surface area contributed by atoms with Crippen LogP contribution in [0.4, 0.5) is 0 Å². The molecule has 1 aliphatic carbocycles. The Balaban J connectivity index is 2.33. The van der Waals surface area contributed by atoms with E-state index in [9.17, 15) is 4.79 Å². The number of carbonyl (C=O) groups excluding carboxylic acids is 1. The average molecular weight is 155 g/mol. The van der Waals surface area contributed by atoms with E-state index in [4.69, 9.17) is 4.74 Å². The van der Waals surface area contributed by atoms with Crippen LogP contribution in [-0.4, -0.2) is 24.7 Å². The monoisotopic (exact) mass is 155 g/mol. The van der Waals surface area contributed by atoms with E-state index < -0.39 is 0 Å². The van der Waals surface area contributed by atoms with Gasteiger partial charge in [-0.1, -0.05) is 6.58 Å². The number of methoxy groups -OCH3 is 1. The van der Waals surface area contributed by atoms with Gasteiger partial charge in [0.05, 0.1) is 11.6 Å². The minimum atomic E-state index is -0.140. The molecule has 0 aromatic heterocycles. The van der Waals surface area contributed by atoms with E-state index in [-0.39, 0.29) is 17.6 Å². The minimum absolute atomic E-state index is 0.129. The Hall–Kier alpha value is -0.830. The van der Waals surface area contributed by atoms with Gasteiger partial charge in [0.2, 0.25) is 5.91 Å². The molecule has 1 saturated carbocycles. The molecule has 0 bridgehead atoms. The van der Waals surface area contributed by atoms with Crippen molar-refractivity contribution in [1.82, 2.24) is 5.32 Å². The summed E-state index contributed by atoms with van der Waals surface area (Å²) in [5.74, 6) is -0.129. The van der Waals surface area contributed by atoms with Crippen molar-refractivity contribution in [3.05, 3.63) is 12.7 Å². The van der Waals surface area contributed by atoms with E-state index in [0.717, 1.165) is 6.42 Å². The molecular formula is C8H13NO2. The highest BCUT2D eigenvalue weighted by molar-refractivity contribution is 5.87. The zero-order valence-electron chi connectivity index (χ0n) is 6.89. The molecule has 1 N–H and O–H groups in total. The van der Waals surface area contributed by atoms with Crippen molar-refractivity contribution in [3.63, 3.8) is 0 Å². The van der Waals surface area contributed by atoms with E-state index in [1.165, 1.54) is 6.08 Å². The van der Waals surface area contributed by atoms with Gasteiger partial charge in [-0.2, -0.15) is 0 Å². The van der Waals surface area contributed by atoms with Crippen molar-refractivity contribution in [1.29, 1.82) is 0 Å². The summed E-state index contributed by atoms with van der Waals surface area (Å²) >= 11 is 0. The molecule has 2 atom stereocenters. The Morgan fingerprint density at radius 3 is 2.91 bits per heavy atom. The summed E-state index contributed by atoms with van der Waals surface area (Å²) in [4.78, 5) is 10.8. The predicted molar refractivity (Wildman–Crippen MR) is 42.2 cm³/mol. The number of hydrogen-bond acceptors (Lipinski definition) is 2. The maximum absolute atomic E-state index is 10.8. The van der Waals surface area contributed by atoms with Gasteiger partial charge in [-0.05, 0) is 13.0 Å². The lowest BCUT2D eigenvalue weighted by atomic mass is 10.4. The molecule has 3 heteroatoms. The first-order valence-electron chi connectivity index (χ1n) is 3.60. The second-order valence-corrected chi connectivity index (χ2v) is 2.99. The topological polar surface area (TPSA) is 38.3 Å². The lowest BCUT2D eigenvalue weighted by Gasteiger charge is -2.08. The van der Waals surface area contributed by atoms with Crippen LogP contribution >= 0.6 is 0 Å². The standard InChI is InChI=1S/C8H13NO2/c1-4-7(10)9-6-5-8(6,2)11-3/h4,6H,1,5H2,2-3H3,(H,9,10)/t6-,8+/m1/s1. The quantitative estimate of drug-likeness (QED) is 0.601. The van der Waals surface area contributed by atoms with Gasteiger partial charge in [0.25, 0.3) is 0 Å². The van der Waals surface area contributed by atoms with E-state index in [1.807, 2.05) is 6.92 Å². The van der Waals surface area contributed by atoms with Crippen LogP contribution in [0.3, 0.4) is 0 Å². The van der Waals surface area contributed by atoms with Crippen molar-refractivity contribution in [3.8, 4) is 0 Å². The molecule has 11 heavy (non-hydrogen) atoms. The van der Waals surface area contributed by atoms with Gasteiger partial charge in [-0.3, -0.25) is 4.79 Å². The van der Waals surface area contributed by atoms with Crippen LogP contribution in [0.15, 0.2) is 12.7 Å². The molecule has 62 valence electrons. The zero-order valence-corrected chi connectivity index (χ0v) is 6.89. The van der Waals surface area contributed by atoms with Crippen LogP contribution in [0.25, 0.3) is 0 Å². The third kappa shape index (κ3) is 1.60. The molecule has 0 saturated heterocycles. The Morgan fingerprint density at radius 1 is 1.91 bits per heavy atom. The molecule has 0 aromatic carbocycles. The first-order chi connectivity index (χ1) is 5.12. The number of hydrogen-bond donors (Lipinski definition) is 1. The van der Waals surface area contributed by atoms with Crippen molar-refractivity contribution < 1.29 is 9.53 Å². The Bertz CT molecular complexity index is 191. The fraction of sp³-hybridized carbons (Fsp3) is 0.625. The van der Waals surface area contributed by atoms with Crippen molar-refractivity contribution in [2.75, 3.05) is 7.11 Å². The van der Waals surface area contributed by atoms with E-state index >= 15 is 0 Å². The van der Waals surface area contributed by atoms with E-state index in [0.29, 0.717) is 0 Å². The van der Waals surface area contributed by atoms with Crippen LogP contribution in [0, 0.1) is 0 Å². The number of ether oxygens (including phenoxy) is 1. The summed E-state index contributed by atoms with van der Waals surface area (Å²) in [6, 6.07) is 0.165. The highest BCUT2D eigenvalue weighted by Crippen LogP contribution is 2.38.